The summed E-state index contributed by atoms with van der Waals surface area (Å²) in [6, 6.07) is 10.2. The summed E-state index contributed by atoms with van der Waals surface area (Å²) < 4.78 is 27.3. The molecule has 2 aromatic rings. The highest BCUT2D eigenvalue weighted by Crippen LogP contribution is 2.23. The van der Waals surface area contributed by atoms with Crippen molar-refractivity contribution in [3.63, 3.8) is 0 Å². The van der Waals surface area contributed by atoms with Gasteiger partial charge in [0.1, 0.15) is 0 Å². The number of hydrogen-bond acceptors (Lipinski definition) is 3. The van der Waals surface area contributed by atoms with Crippen LogP contribution in [0.4, 0.5) is 11.4 Å². The number of sulfonamides is 1. The number of nitrogen functional groups attached to an aromatic ring is 1. The lowest BCUT2D eigenvalue weighted by Gasteiger charge is -2.12. The average molecular weight is 290 g/mol. The van der Waals surface area contributed by atoms with E-state index in [1.165, 1.54) is 0 Å². The van der Waals surface area contributed by atoms with E-state index in [1.807, 2.05) is 20.8 Å². The quantitative estimate of drug-likeness (QED) is 0.854. The summed E-state index contributed by atoms with van der Waals surface area (Å²) in [5.41, 5.74) is 9.55. The van der Waals surface area contributed by atoms with Crippen LogP contribution in [0, 0.1) is 20.8 Å². The zero-order valence-corrected chi connectivity index (χ0v) is 12.6. The second-order valence-electron chi connectivity index (χ2n) is 4.93. The summed E-state index contributed by atoms with van der Waals surface area (Å²) in [7, 11) is -3.60. The van der Waals surface area contributed by atoms with Crippen LogP contribution in [-0.2, 0) is 10.0 Å². The Kier molecular flexibility index (Phi) is 3.72. The number of benzene rings is 2. The molecule has 0 atom stereocenters. The molecule has 0 spiro atoms. The van der Waals surface area contributed by atoms with Gasteiger partial charge >= 0.3 is 0 Å². The van der Waals surface area contributed by atoms with E-state index < -0.39 is 10.0 Å². The van der Waals surface area contributed by atoms with Crippen molar-refractivity contribution in [3.05, 3.63) is 53.1 Å². The summed E-state index contributed by atoms with van der Waals surface area (Å²) in [5.74, 6) is 0. The Morgan fingerprint density at radius 3 is 2.20 bits per heavy atom. The van der Waals surface area contributed by atoms with Gasteiger partial charge in [-0.1, -0.05) is 12.1 Å². The molecule has 0 radical (unpaired) electrons. The number of hydrogen-bond donors (Lipinski definition) is 2. The van der Waals surface area contributed by atoms with E-state index in [1.54, 1.807) is 36.4 Å². The fourth-order valence-electron chi connectivity index (χ4n) is 1.83. The van der Waals surface area contributed by atoms with Gasteiger partial charge in [0.05, 0.1) is 10.6 Å². The highest BCUT2D eigenvalue weighted by Gasteiger charge is 2.16. The Hall–Kier alpha value is -2.01. The first-order valence-electron chi connectivity index (χ1n) is 6.26. The number of aryl methyl sites for hydroxylation is 3. The second-order valence-corrected chi connectivity index (χ2v) is 6.61. The Morgan fingerprint density at radius 2 is 1.55 bits per heavy atom. The van der Waals surface area contributed by atoms with Crippen LogP contribution in [0.3, 0.4) is 0 Å². The predicted molar refractivity (Wildman–Crippen MR) is 82.3 cm³/mol. The van der Waals surface area contributed by atoms with Crippen molar-refractivity contribution in [1.29, 1.82) is 0 Å². The number of anilines is 2. The summed E-state index contributed by atoms with van der Waals surface area (Å²) >= 11 is 0. The van der Waals surface area contributed by atoms with Gasteiger partial charge < -0.3 is 5.73 Å². The topological polar surface area (TPSA) is 72.2 Å². The lowest BCUT2D eigenvalue weighted by molar-refractivity contribution is 0.601. The molecule has 0 saturated carbocycles. The molecule has 0 aliphatic rings. The Labute approximate surface area is 119 Å². The van der Waals surface area contributed by atoms with Crippen LogP contribution in [0.25, 0.3) is 0 Å². The van der Waals surface area contributed by atoms with E-state index >= 15 is 0 Å². The number of rotatable bonds is 3. The summed E-state index contributed by atoms with van der Waals surface area (Å²) in [6.45, 7) is 5.67. The van der Waals surface area contributed by atoms with E-state index in [-0.39, 0.29) is 4.90 Å². The highest BCUT2D eigenvalue weighted by atomic mass is 32.2. The third-order valence-corrected chi connectivity index (χ3v) is 4.66. The molecule has 0 bridgehead atoms. The molecule has 5 heteroatoms. The van der Waals surface area contributed by atoms with Crippen molar-refractivity contribution < 1.29 is 8.42 Å². The molecule has 0 amide bonds. The minimum absolute atomic E-state index is 0.252. The van der Waals surface area contributed by atoms with E-state index in [4.69, 9.17) is 5.73 Å². The van der Waals surface area contributed by atoms with Crippen LogP contribution < -0.4 is 10.5 Å². The SMILES string of the molecule is Cc1ccc(S(=O)(=O)Nc2cc(N)ccc2C)cc1C. The maximum Gasteiger partial charge on any atom is 0.261 e. The van der Waals surface area contributed by atoms with Gasteiger partial charge in [-0.25, -0.2) is 8.42 Å². The highest BCUT2D eigenvalue weighted by molar-refractivity contribution is 7.92. The third-order valence-electron chi connectivity index (χ3n) is 3.29. The largest absolute Gasteiger partial charge is 0.399 e. The first-order valence-corrected chi connectivity index (χ1v) is 7.74. The molecule has 0 aliphatic carbocycles. The summed E-state index contributed by atoms with van der Waals surface area (Å²) in [5, 5.41) is 0. The van der Waals surface area contributed by atoms with E-state index in [2.05, 4.69) is 4.72 Å². The zero-order chi connectivity index (χ0) is 14.9. The molecule has 2 rings (SSSR count). The molecule has 106 valence electrons. The van der Waals surface area contributed by atoms with E-state index in [0.717, 1.165) is 16.7 Å². The Morgan fingerprint density at radius 1 is 0.900 bits per heavy atom. The van der Waals surface area contributed by atoms with Crippen LogP contribution in [0.15, 0.2) is 41.3 Å². The maximum absolute atomic E-state index is 12.4. The molecular weight excluding hydrogens is 272 g/mol. The Bertz CT molecular complexity index is 752. The van der Waals surface area contributed by atoms with Gasteiger partial charge in [0.2, 0.25) is 0 Å². The molecular formula is C15H18N2O2S. The number of nitrogens with one attached hydrogen (secondary N) is 1. The van der Waals surface area contributed by atoms with Crippen molar-refractivity contribution in [1.82, 2.24) is 0 Å². The van der Waals surface area contributed by atoms with Gasteiger partial charge in [-0.3, -0.25) is 4.72 Å². The van der Waals surface area contributed by atoms with E-state index in [9.17, 15) is 8.42 Å². The fourth-order valence-corrected chi connectivity index (χ4v) is 3.04. The zero-order valence-electron chi connectivity index (χ0n) is 11.8. The van der Waals surface area contributed by atoms with Crippen molar-refractivity contribution in [2.24, 2.45) is 0 Å². The van der Waals surface area contributed by atoms with Crippen LogP contribution in [0.2, 0.25) is 0 Å². The van der Waals surface area contributed by atoms with Crippen LogP contribution >= 0.6 is 0 Å². The van der Waals surface area contributed by atoms with Gasteiger partial charge in [-0.05, 0) is 61.7 Å². The third kappa shape index (κ3) is 2.93. The predicted octanol–water partition coefficient (Wildman–Crippen LogP) is 2.99. The van der Waals surface area contributed by atoms with E-state index in [0.29, 0.717) is 11.4 Å². The van der Waals surface area contributed by atoms with Crippen LogP contribution in [0.1, 0.15) is 16.7 Å². The monoisotopic (exact) mass is 290 g/mol. The molecule has 0 unspecified atom stereocenters. The molecule has 0 aromatic heterocycles. The van der Waals surface area contributed by atoms with Crippen LogP contribution in [0.5, 0.6) is 0 Å². The molecule has 4 nitrogen and oxygen atoms in total. The second kappa shape index (κ2) is 5.17. The smallest absolute Gasteiger partial charge is 0.261 e. The molecule has 20 heavy (non-hydrogen) atoms. The minimum Gasteiger partial charge on any atom is -0.399 e. The summed E-state index contributed by atoms with van der Waals surface area (Å²) in [6.07, 6.45) is 0. The Balaban J connectivity index is 2.40. The lowest BCUT2D eigenvalue weighted by atomic mass is 10.1. The van der Waals surface area contributed by atoms with Gasteiger partial charge in [0.25, 0.3) is 10.0 Å². The van der Waals surface area contributed by atoms with Crippen molar-refractivity contribution in [2.45, 2.75) is 25.7 Å². The number of nitrogens with two attached hydrogens (primary N) is 1. The van der Waals surface area contributed by atoms with Crippen molar-refractivity contribution in [3.8, 4) is 0 Å². The summed E-state index contributed by atoms with van der Waals surface area (Å²) in [4.78, 5) is 0.252. The first-order chi connectivity index (χ1) is 9.29. The first kappa shape index (κ1) is 14.4. The normalized spacial score (nSPS) is 11.3. The van der Waals surface area contributed by atoms with Gasteiger partial charge in [0.15, 0.2) is 0 Å². The fraction of sp³-hybridized carbons (Fsp3) is 0.200. The average Bonchev–Trinajstić information content (AvgIpc) is 2.36. The molecule has 0 aliphatic heterocycles. The standard InChI is InChI=1S/C15H18N2O2S/c1-10-5-7-14(8-12(10)3)20(18,19)17-15-9-13(16)6-4-11(15)2/h4-9,17H,16H2,1-3H3. The molecule has 0 fully saturated rings. The lowest BCUT2D eigenvalue weighted by Crippen LogP contribution is -2.14. The molecule has 0 heterocycles. The molecule has 3 N–H and O–H groups in total. The molecule has 2 aromatic carbocycles. The molecule has 0 saturated heterocycles. The van der Waals surface area contributed by atoms with Gasteiger partial charge in [-0.2, -0.15) is 0 Å². The van der Waals surface area contributed by atoms with Crippen LogP contribution in [-0.4, -0.2) is 8.42 Å². The van der Waals surface area contributed by atoms with Crippen molar-refractivity contribution in [2.75, 3.05) is 10.5 Å². The minimum atomic E-state index is -3.60. The maximum atomic E-state index is 12.4. The van der Waals surface area contributed by atoms with Crippen molar-refractivity contribution >= 4 is 21.4 Å². The van der Waals surface area contributed by atoms with Gasteiger partial charge in [0, 0.05) is 5.69 Å². The van der Waals surface area contributed by atoms with Gasteiger partial charge in [-0.15, -0.1) is 0 Å².